The van der Waals surface area contributed by atoms with Gasteiger partial charge in [0.05, 0.1) is 6.61 Å². The molecule has 0 amide bonds. The van der Waals surface area contributed by atoms with Gasteiger partial charge in [0.25, 0.3) is 0 Å². The van der Waals surface area contributed by atoms with Crippen molar-refractivity contribution in [2.75, 3.05) is 13.2 Å². The summed E-state index contributed by atoms with van der Waals surface area (Å²) in [7, 11) is 0. The maximum Gasteiger partial charge on any atom is 0.313 e. The summed E-state index contributed by atoms with van der Waals surface area (Å²) in [6, 6.07) is 5.11. The van der Waals surface area contributed by atoms with Gasteiger partial charge in [-0.2, -0.15) is 0 Å². The SMILES string of the molecule is CCOC(=O)CC(=O)COc1ccc(Cl)cc1C. The van der Waals surface area contributed by atoms with E-state index in [4.69, 9.17) is 16.3 Å². The second kappa shape index (κ2) is 7.01. The van der Waals surface area contributed by atoms with Gasteiger partial charge in [0.2, 0.25) is 0 Å². The van der Waals surface area contributed by atoms with Gasteiger partial charge < -0.3 is 9.47 Å². The van der Waals surface area contributed by atoms with Crippen LogP contribution in [0.5, 0.6) is 5.75 Å². The fourth-order valence-corrected chi connectivity index (χ4v) is 1.58. The highest BCUT2D eigenvalue weighted by Crippen LogP contribution is 2.21. The highest BCUT2D eigenvalue weighted by atomic mass is 35.5. The molecule has 1 aromatic carbocycles. The van der Waals surface area contributed by atoms with E-state index in [1.807, 2.05) is 6.92 Å². The van der Waals surface area contributed by atoms with E-state index < -0.39 is 5.97 Å². The summed E-state index contributed by atoms with van der Waals surface area (Å²) < 4.78 is 9.99. The van der Waals surface area contributed by atoms with Gasteiger partial charge in [-0.1, -0.05) is 11.6 Å². The third kappa shape index (κ3) is 4.75. The van der Waals surface area contributed by atoms with Crippen LogP contribution in [0.3, 0.4) is 0 Å². The van der Waals surface area contributed by atoms with Crippen molar-refractivity contribution in [3.8, 4) is 5.75 Å². The number of aryl methyl sites for hydroxylation is 1. The Hall–Kier alpha value is -1.55. The van der Waals surface area contributed by atoms with Crippen LogP contribution in [0.4, 0.5) is 0 Å². The zero-order valence-electron chi connectivity index (χ0n) is 10.4. The monoisotopic (exact) mass is 270 g/mol. The molecule has 0 aliphatic rings. The molecule has 1 aromatic rings. The molecular formula is C13H15ClO4. The molecule has 0 fully saturated rings. The minimum absolute atomic E-state index is 0.152. The number of halogens is 1. The van der Waals surface area contributed by atoms with Crippen LogP contribution >= 0.6 is 11.6 Å². The first kappa shape index (κ1) is 14.5. The third-order valence-corrected chi connectivity index (χ3v) is 2.41. The predicted octanol–water partition coefficient (Wildman–Crippen LogP) is 2.55. The van der Waals surface area contributed by atoms with E-state index in [1.165, 1.54) is 0 Å². The van der Waals surface area contributed by atoms with Crippen molar-refractivity contribution in [1.82, 2.24) is 0 Å². The van der Waals surface area contributed by atoms with E-state index in [2.05, 4.69) is 4.74 Å². The topological polar surface area (TPSA) is 52.6 Å². The van der Waals surface area contributed by atoms with Gasteiger partial charge in [0, 0.05) is 5.02 Å². The number of esters is 1. The minimum atomic E-state index is -0.529. The highest BCUT2D eigenvalue weighted by molar-refractivity contribution is 6.30. The molecule has 0 aromatic heterocycles. The van der Waals surface area contributed by atoms with Crippen molar-refractivity contribution in [3.05, 3.63) is 28.8 Å². The molecule has 0 aliphatic heterocycles. The molecule has 0 heterocycles. The highest BCUT2D eigenvalue weighted by Gasteiger charge is 2.11. The molecule has 0 N–H and O–H groups in total. The van der Waals surface area contributed by atoms with Crippen LogP contribution in [0, 0.1) is 6.92 Å². The van der Waals surface area contributed by atoms with Crippen molar-refractivity contribution in [2.45, 2.75) is 20.3 Å². The van der Waals surface area contributed by atoms with Gasteiger partial charge in [-0.3, -0.25) is 9.59 Å². The van der Waals surface area contributed by atoms with Crippen LogP contribution in [0.25, 0.3) is 0 Å². The Kier molecular flexibility index (Phi) is 5.65. The first-order chi connectivity index (χ1) is 8.52. The first-order valence-corrected chi connectivity index (χ1v) is 5.97. The van der Waals surface area contributed by atoms with Crippen molar-refractivity contribution in [3.63, 3.8) is 0 Å². The normalized spacial score (nSPS) is 9.94. The lowest BCUT2D eigenvalue weighted by Gasteiger charge is -2.08. The summed E-state index contributed by atoms with van der Waals surface area (Å²) in [6.45, 7) is 3.64. The number of ether oxygens (including phenoxy) is 2. The Bertz CT molecular complexity index is 443. The number of Topliss-reactive ketones (excluding diaryl/α,β-unsaturated/α-hetero) is 1. The molecule has 0 saturated heterocycles. The molecular weight excluding hydrogens is 256 g/mol. The fraction of sp³-hybridized carbons (Fsp3) is 0.385. The van der Waals surface area contributed by atoms with E-state index in [0.29, 0.717) is 10.8 Å². The average Bonchev–Trinajstić information content (AvgIpc) is 2.28. The van der Waals surface area contributed by atoms with Gasteiger partial charge in [0.15, 0.2) is 5.78 Å². The molecule has 0 spiro atoms. The molecule has 0 aliphatic carbocycles. The van der Waals surface area contributed by atoms with Crippen LogP contribution in [0.1, 0.15) is 18.9 Å². The fourth-order valence-electron chi connectivity index (χ4n) is 1.36. The summed E-state index contributed by atoms with van der Waals surface area (Å²) in [5, 5.41) is 0.609. The molecule has 0 unspecified atom stereocenters. The summed E-state index contributed by atoms with van der Waals surface area (Å²) in [4.78, 5) is 22.5. The van der Waals surface area contributed by atoms with Crippen LogP contribution in [-0.4, -0.2) is 25.0 Å². The Morgan fingerprint density at radius 2 is 2.06 bits per heavy atom. The second-order valence-electron chi connectivity index (χ2n) is 3.72. The van der Waals surface area contributed by atoms with E-state index in [1.54, 1.807) is 25.1 Å². The standard InChI is InChI=1S/C13H15ClO4/c1-3-17-13(16)7-11(15)8-18-12-5-4-10(14)6-9(12)2/h4-6H,3,7-8H2,1-2H3. The van der Waals surface area contributed by atoms with E-state index in [-0.39, 0.29) is 25.4 Å². The van der Waals surface area contributed by atoms with Gasteiger partial charge in [-0.25, -0.2) is 0 Å². The van der Waals surface area contributed by atoms with E-state index >= 15 is 0 Å². The number of carbonyl (C=O) groups is 2. The zero-order chi connectivity index (χ0) is 13.5. The Balaban J connectivity index is 2.45. The van der Waals surface area contributed by atoms with Crippen molar-refractivity contribution >= 4 is 23.4 Å². The number of rotatable bonds is 6. The summed E-state index contributed by atoms with van der Waals surface area (Å²) in [5.41, 5.74) is 0.839. The molecule has 0 saturated carbocycles. The number of ketones is 1. The maximum atomic E-state index is 11.4. The minimum Gasteiger partial charge on any atom is -0.486 e. The van der Waals surface area contributed by atoms with Gasteiger partial charge >= 0.3 is 5.97 Å². The quantitative estimate of drug-likeness (QED) is 0.589. The van der Waals surface area contributed by atoms with Gasteiger partial charge in [0.1, 0.15) is 18.8 Å². The molecule has 0 radical (unpaired) electrons. The summed E-state index contributed by atoms with van der Waals surface area (Å²) >= 11 is 5.80. The zero-order valence-corrected chi connectivity index (χ0v) is 11.1. The van der Waals surface area contributed by atoms with E-state index in [9.17, 15) is 9.59 Å². The molecule has 5 heteroatoms. The van der Waals surface area contributed by atoms with Gasteiger partial charge in [-0.15, -0.1) is 0 Å². The van der Waals surface area contributed by atoms with Crippen LogP contribution in [-0.2, 0) is 14.3 Å². The maximum absolute atomic E-state index is 11.4. The Morgan fingerprint density at radius 1 is 1.33 bits per heavy atom. The Labute approximate surface area is 111 Å². The lowest BCUT2D eigenvalue weighted by Crippen LogP contribution is -2.17. The molecule has 18 heavy (non-hydrogen) atoms. The lowest BCUT2D eigenvalue weighted by molar-refractivity contribution is -0.145. The molecule has 1 rings (SSSR count). The number of carbonyl (C=O) groups excluding carboxylic acids is 2. The first-order valence-electron chi connectivity index (χ1n) is 5.59. The van der Waals surface area contributed by atoms with Crippen LogP contribution in [0.2, 0.25) is 5.02 Å². The second-order valence-corrected chi connectivity index (χ2v) is 4.16. The van der Waals surface area contributed by atoms with Crippen LogP contribution < -0.4 is 4.74 Å². The number of hydrogen-bond acceptors (Lipinski definition) is 4. The Morgan fingerprint density at radius 3 is 2.67 bits per heavy atom. The average molecular weight is 271 g/mol. The molecule has 98 valence electrons. The molecule has 0 atom stereocenters. The molecule has 4 nitrogen and oxygen atoms in total. The third-order valence-electron chi connectivity index (χ3n) is 2.17. The van der Waals surface area contributed by atoms with Crippen LogP contribution in [0.15, 0.2) is 18.2 Å². The van der Waals surface area contributed by atoms with Gasteiger partial charge in [-0.05, 0) is 37.6 Å². The van der Waals surface area contributed by atoms with E-state index in [0.717, 1.165) is 5.56 Å². The van der Waals surface area contributed by atoms with Crippen molar-refractivity contribution in [1.29, 1.82) is 0 Å². The largest absolute Gasteiger partial charge is 0.486 e. The summed E-state index contributed by atoms with van der Waals surface area (Å²) in [6.07, 6.45) is -0.263. The van der Waals surface area contributed by atoms with Crippen molar-refractivity contribution in [2.24, 2.45) is 0 Å². The summed E-state index contributed by atoms with van der Waals surface area (Å²) in [5.74, 6) is -0.265. The lowest BCUT2D eigenvalue weighted by atomic mass is 10.2. The smallest absolute Gasteiger partial charge is 0.313 e. The van der Waals surface area contributed by atoms with Crippen molar-refractivity contribution < 1.29 is 19.1 Å². The number of hydrogen-bond donors (Lipinski definition) is 0. The number of benzene rings is 1. The predicted molar refractivity (Wildman–Crippen MR) is 67.9 cm³/mol. The molecule has 0 bridgehead atoms.